The highest BCUT2D eigenvalue weighted by molar-refractivity contribution is 14.1. The highest BCUT2D eigenvalue weighted by atomic mass is 127. The third kappa shape index (κ3) is 2.24. The van der Waals surface area contributed by atoms with Gasteiger partial charge in [0.15, 0.2) is 0 Å². The zero-order valence-corrected chi connectivity index (χ0v) is 12.4. The molecule has 0 saturated heterocycles. The Morgan fingerprint density at radius 3 is 2.65 bits per heavy atom. The number of aromatic nitrogens is 2. The van der Waals surface area contributed by atoms with Crippen LogP contribution < -0.4 is 5.73 Å². The second kappa shape index (κ2) is 4.78. The molecule has 0 aliphatic rings. The van der Waals surface area contributed by atoms with Gasteiger partial charge < -0.3 is 10.3 Å². The highest BCUT2D eigenvalue weighted by Crippen LogP contribution is 2.26. The Morgan fingerprint density at radius 1 is 1.35 bits per heavy atom. The summed E-state index contributed by atoms with van der Waals surface area (Å²) in [6.07, 6.45) is 1.86. The smallest absolute Gasteiger partial charge is 0.105 e. The summed E-state index contributed by atoms with van der Waals surface area (Å²) in [6, 6.07) is 6.12. The molecule has 1 heterocycles. The van der Waals surface area contributed by atoms with Crippen LogP contribution in [-0.4, -0.2) is 9.55 Å². The zero-order valence-electron chi connectivity index (χ0n) is 10.2. The number of nitrogens with zero attached hydrogens (tertiary/aromatic N) is 2. The Bertz CT molecular complexity index is 546. The Hall–Kier alpha value is -0.880. The number of aryl methyl sites for hydroxylation is 2. The van der Waals surface area contributed by atoms with Gasteiger partial charge in [0.2, 0.25) is 0 Å². The SMILES string of the molecule is Cc1cccc(C(N)c2cnc(C)n2C)c1I. The van der Waals surface area contributed by atoms with E-state index in [9.17, 15) is 0 Å². The van der Waals surface area contributed by atoms with Crippen molar-refractivity contribution in [3.05, 3.63) is 50.6 Å². The van der Waals surface area contributed by atoms with E-state index in [0.29, 0.717) is 0 Å². The number of hydrogen-bond acceptors (Lipinski definition) is 2. The van der Waals surface area contributed by atoms with Gasteiger partial charge in [-0.3, -0.25) is 0 Å². The maximum atomic E-state index is 6.33. The quantitative estimate of drug-likeness (QED) is 0.854. The van der Waals surface area contributed by atoms with E-state index in [-0.39, 0.29) is 6.04 Å². The molecule has 17 heavy (non-hydrogen) atoms. The van der Waals surface area contributed by atoms with Crippen LogP contribution in [0.5, 0.6) is 0 Å². The van der Waals surface area contributed by atoms with Gasteiger partial charge >= 0.3 is 0 Å². The molecule has 90 valence electrons. The predicted octanol–water partition coefficient (Wildman–Crippen LogP) is 2.69. The van der Waals surface area contributed by atoms with Crippen molar-refractivity contribution in [2.75, 3.05) is 0 Å². The standard InChI is InChI=1S/C13H16IN3/c1-8-5-4-6-10(12(8)14)13(15)11-7-16-9(2)17(11)3/h4-7,13H,15H2,1-3H3. The first-order valence-electron chi connectivity index (χ1n) is 5.51. The summed E-state index contributed by atoms with van der Waals surface area (Å²) >= 11 is 2.36. The summed E-state index contributed by atoms with van der Waals surface area (Å²) in [5.41, 5.74) is 9.80. The molecule has 0 aliphatic carbocycles. The Labute approximate surface area is 115 Å². The molecule has 0 spiro atoms. The van der Waals surface area contributed by atoms with Gasteiger partial charge in [-0.05, 0) is 47.6 Å². The minimum Gasteiger partial charge on any atom is -0.334 e. The first-order valence-corrected chi connectivity index (χ1v) is 6.59. The highest BCUT2D eigenvalue weighted by Gasteiger charge is 2.16. The molecule has 0 aliphatic heterocycles. The second-order valence-corrected chi connectivity index (χ2v) is 5.32. The predicted molar refractivity (Wildman–Crippen MR) is 77.9 cm³/mol. The lowest BCUT2D eigenvalue weighted by molar-refractivity contribution is 0.726. The molecular formula is C13H16IN3. The van der Waals surface area contributed by atoms with E-state index in [0.717, 1.165) is 17.1 Å². The summed E-state index contributed by atoms with van der Waals surface area (Å²) in [5.74, 6) is 0.984. The number of nitrogens with two attached hydrogens (primary N) is 1. The van der Waals surface area contributed by atoms with Crippen LogP contribution in [0.1, 0.15) is 28.7 Å². The average molecular weight is 341 g/mol. The summed E-state index contributed by atoms with van der Waals surface area (Å²) in [7, 11) is 2.00. The fraction of sp³-hybridized carbons (Fsp3) is 0.308. The Morgan fingerprint density at radius 2 is 2.06 bits per heavy atom. The van der Waals surface area contributed by atoms with Gasteiger partial charge in [0.1, 0.15) is 5.82 Å². The van der Waals surface area contributed by atoms with Gasteiger partial charge in [0.05, 0.1) is 17.9 Å². The molecule has 1 unspecified atom stereocenters. The van der Waals surface area contributed by atoms with E-state index in [2.05, 4.69) is 52.7 Å². The van der Waals surface area contributed by atoms with Crippen molar-refractivity contribution in [2.24, 2.45) is 12.8 Å². The normalized spacial score (nSPS) is 12.8. The van der Waals surface area contributed by atoms with Crippen LogP contribution in [0, 0.1) is 17.4 Å². The first-order chi connectivity index (χ1) is 8.02. The number of imidazole rings is 1. The third-order valence-corrected chi connectivity index (χ3v) is 4.61. The van der Waals surface area contributed by atoms with Gasteiger partial charge in [-0.25, -0.2) is 4.98 Å². The molecule has 3 nitrogen and oxygen atoms in total. The molecule has 2 N–H and O–H groups in total. The van der Waals surface area contributed by atoms with Gasteiger partial charge in [-0.2, -0.15) is 0 Å². The molecule has 1 aromatic carbocycles. The molecule has 2 rings (SSSR count). The molecular weight excluding hydrogens is 325 g/mol. The van der Waals surface area contributed by atoms with Crippen LogP contribution in [-0.2, 0) is 7.05 Å². The van der Waals surface area contributed by atoms with Gasteiger partial charge in [0.25, 0.3) is 0 Å². The summed E-state index contributed by atoms with van der Waals surface area (Å²) in [4.78, 5) is 4.30. The number of benzene rings is 1. The first kappa shape index (κ1) is 12.6. The fourth-order valence-corrected chi connectivity index (χ4v) is 2.57. The van der Waals surface area contributed by atoms with Gasteiger partial charge in [0, 0.05) is 10.6 Å². The van der Waals surface area contributed by atoms with E-state index in [1.807, 2.05) is 24.7 Å². The molecule has 4 heteroatoms. The number of halogens is 1. The Kier molecular flexibility index (Phi) is 3.53. The molecule has 1 aromatic heterocycles. The van der Waals surface area contributed by atoms with Crippen LogP contribution >= 0.6 is 22.6 Å². The average Bonchev–Trinajstić information content (AvgIpc) is 2.63. The van der Waals surface area contributed by atoms with Crippen molar-refractivity contribution in [1.82, 2.24) is 9.55 Å². The Balaban J connectivity index is 2.47. The van der Waals surface area contributed by atoms with Crippen molar-refractivity contribution >= 4 is 22.6 Å². The molecule has 0 amide bonds. The minimum absolute atomic E-state index is 0.118. The largest absolute Gasteiger partial charge is 0.334 e. The van der Waals surface area contributed by atoms with Crippen LogP contribution in [0.3, 0.4) is 0 Å². The summed E-state index contributed by atoms with van der Waals surface area (Å²) in [6.45, 7) is 4.09. The van der Waals surface area contributed by atoms with E-state index >= 15 is 0 Å². The molecule has 0 fully saturated rings. The van der Waals surface area contributed by atoms with E-state index < -0.39 is 0 Å². The summed E-state index contributed by atoms with van der Waals surface area (Å²) in [5, 5.41) is 0. The lowest BCUT2D eigenvalue weighted by atomic mass is 10.0. The van der Waals surface area contributed by atoms with Crippen LogP contribution in [0.25, 0.3) is 0 Å². The molecule has 2 aromatic rings. The fourth-order valence-electron chi connectivity index (χ4n) is 1.88. The van der Waals surface area contributed by atoms with Crippen LogP contribution in [0.15, 0.2) is 24.4 Å². The zero-order chi connectivity index (χ0) is 12.6. The van der Waals surface area contributed by atoms with Crippen molar-refractivity contribution in [3.63, 3.8) is 0 Å². The molecule has 0 saturated carbocycles. The monoisotopic (exact) mass is 341 g/mol. The molecule has 1 atom stereocenters. The van der Waals surface area contributed by atoms with Crippen LogP contribution in [0.2, 0.25) is 0 Å². The van der Waals surface area contributed by atoms with Crippen molar-refractivity contribution in [2.45, 2.75) is 19.9 Å². The lowest BCUT2D eigenvalue weighted by Crippen LogP contribution is -2.17. The van der Waals surface area contributed by atoms with Crippen molar-refractivity contribution in [1.29, 1.82) is 0 Å². The van der Waals surface area contributed by atoms with Gasteiger partial charge in [-0.15, -0.1) is 0 Å². The number of rotatable bonds is 2. The van der Waals surface area contributed by atoms with Gasteiger partial charge in [-0.1, -0.05) is 18.2 Å². The number of hydrogen-bond donors (Lipinski definition) is 1. The van der Waals surface area contributed by atoms with Crippen LogP contribution in [0.4, 0.5) is 0 Å². The van der Waals surface area contributed by atoms with Crippen molar-refractivity contribution in [3.8, 4) is 0 Å². The topological polar surface area (TPSA) is 43.8 Å². The maximum absolute atomic E-state index is 6.33. The van der Waals surface area contributed by atoms with E-state index in [1.165, 1.54) is 9.13 Å². The summed E-state index contributed by atoms with van der Waals surface area (Å²) < 4.78 is 3.28. The van der Waals surface area contributed by atoms with Crippen molar-refractivity contribution < 1.29 is 0 Å². The second-order valence-electron chi connectivity index (χ2n) is 4.25. The third-order valence-electron chi connectivity index (χ3n) is 3.13. The minimum atomic E-state index is -0.118. The van der Waals surface area contributed by atoms with E-state index in [4.69, 9.17) is 5.73 Å². The maximum Gasteiger partial charge on any atom is 0.105 e. The lowest BCUT2D eigenvalue weighted by Gasteiger charge is -2.16. The molecule has 0 bridgehead atoms. The molecule has 0 radical (unpaired) electrons. The van der Waals surface area contributed by atoms with E-state index in [1.54, 1.807) is 0 Å².